The number of hydrogen-bond acceptors (Lipinski definition) is 4. The average Bonchev–Trinajstić information content (AvgIpc) is 3.04. The van der Waals surface area contributed by atoms with Gasteiger partial charge in [-0.2, -0.15) is 5.10 Å². The van der Waals surface area contributed by atoms with Crippen LogP contribution in [-0.4, -0.2) is 27.3 Å². The summed E-state index contributed by atoms with van der Waals surface area (Å²) in [5.41, 5.74) is 0.474. The van der Waals surface area contributed by atoms with Gasteiger partial charge in [0.25, 0.3) is 5.91 Å². The number of aliphatic hydroxyl groups excluding tert-OH is 1. The zero-order valence-electron chi connectivity index (χ0n) is 10.9. The minimum absolute atomic E-state index is 0.0929. The van der Waals surface area contributed by atoms with E-state index >= 15 is 0 Å². The number of rotatable bonds is 5. The Labute approximate surface area is 111 Å². The molecule has 0 aliphatic heterocycles. The van der Waals surface area contributed by atoms with Crippen molar-refractivity contribution in [1.29, 1.82) is 0 Å². The first-order valence-corrected chi connectivity index (χ1v) is 6.12. The molecular weight excluding hydrogens is 246 g/mol. The highest BCUT2D eigenvalue weighted by Gasteiger charge is 2.16. The van der Waals surface area contributed by atoms with Crippen LogP contribution in [0.3, 0.4) is 0 Å². The Balaban J connectivity index is 1.96. The van der Waals surface area contributed by atoms with Crippen molar-refractivity contribution in [2.45, 2.75) is 26.0 Å². The summed E-state index contributed by atoms with van der Waals surface area (Å²) in [6.45, 7) is 3.98. The highest BCUT2D eigenvalue weighted by molar-refractivity contribution is 5.92. The molecule has 0 bridgehead atoms. The molecule has 102 valence electrons. The highest BCUT2D eigenvalue weighted by atomic mass is 16.4. The molecule has 0 saturated carbocycles. The number of amides is 1. The maximum Gasteiger partial charge on any atom is 0.269 e. The van der Waals surface area contributed by atoms with Crippen molar-refractivity contribution in [3.8, 4) is 0 Å². The van der Waals surface area contributed by atoms with Crippen LogP contribution >= 0.6 is 0 Å². The lowest BCUT2D eigenvalue weighted by Crippen LogP contribution is -2.30. The van der Waals surface area contributed by atoms with E-state index in [2.05, 4.69) is 10.4 Å². The van der Waals surface area contributed by atoms with Crippen LogP contribution in [0.1, 0.15) is 42.2 Å². The van der Waals surface area contributed by atoms with Crippen LogP contribution in [0.25, 0.3) is 0 Å². The molecule has 0 radical (unpaired) electrons. The van der Waals surface area contributed by atoms with Crippen molar-refractivity contribution in [3.63, 3.8) is 0 Å². The number of aromatic nitrogens is 2. The van der Waals surface area contributed by atoms with E-state index in [1.807, 2.05) is 13.8 Å². The van der Waals surface area contributed by atoms with Crippen LogP contribution in [0.4, 0.5) is 0 Å². The van der Waals surface area contributed by atoms with Crippen molar-refractivity contribution in [3.05, 3.63) is 42.1 Å². The van der Waals surface area contributed by atoms with Crippen LogP contribution in [0, 0.1) is 0 Å². The number of hydrogen-bond donors (Lipinski definition) is 2. The summed E-state index contributed by atoms with van der Waals surface area (Å²) in [5.74, 6) is 0.162. The molecule has 6 nitrogen and oxygen atoms in total. The lowest BCUT2D eigenvalue weighted by atomic mass is 10.2. The summed E-state index contributed by atoms with van der Waals surface area (Å²) in [7, 11) is 0. The quantitative estimate of drug-likeness (QED) is 0.857. The standard InChI is InChI=1S/C13H17N3O3/c1-9(2)16-10(5-6-15-16)13(18)14-8-11(17)12-4-3-7-19-12/h3-7,9,11,17H,8H2,1-2H3,(H,14,18). The van der Waals surface area contributed by atoms with Gasteiger partial charge in [-0.1, -0.05) is 0 Å². The van der Waals surface area contributed by atoms with Gasteiger partial charge in [-0.05, 0) is 32.0 Å². The Morgan fingerprint density at radius 1 is 1.53 bits per heavy atom. The van der Waals surface area contributed by atoms with E-state index in [0.717, 1.165) is 0 Å². The number of nitrogens with one attached hydrogen (secondary N) is 1. The van der Waals surface area contributed by atoms with Crippen LogP contribution in [0.15, 0.2) is 35.1 Å². The minimum atomic E-state index is -0.852. The Hall–Kier alpha value is -2.08. The molecule has 2 aromatic heterocycles. The molecular formula is C13H17N3O3. The van der Waals surface area contributed by atoms with E-state index in [4.69, 9.17) is 4.42 Å². The van der Waals surface area contributed by atoms with E-state index in [0.29, 0.717) is 11.5 Å². The zero-order chi connectivity index (χ0) is 13.8. The van der Waals surface area contributed by atoms with Gasteiger partial charge in [-0.3, -0.25) is 9.48 Å². The second-order valence-corrected chi connectivity index (χ2v) is 4.50. The molecule has 0 aliphatic rings. The largest absolute Gasteiger partial charge is 0.467 e. The Kier molecular flexibility index (Phi) is 4.01. The maximum atomic E-state index is 12.0. The average molecular weight is 263 g/mol. The summed E-state index contributed by atoms with van der Waals surface area (Å²) in [4.78, 5) is 12.0. The fraction of sp³-hybridized carbons (Fsp3) is 0.385. The molecule has 2 heterocycles. The normalized spacial score (nSPS) is 12.6. The van der Waals surface area contributed by atoms with Crippen molar-refractivity contribution >= 4 is 5.91 Å². The molecule has 0 spiro atoms. The van der Waals surface area contributed by atoms with Crippen LogP contribution in [0.5, 0.6) is 0 Å². The second-order valence-electron chi connectivity index (χ2n) is 4.50. The third-order valence-corrected chi connectivity index (χ3v) is 2.72. The molecule has 0 fully saturated rings. The number of furan rings is 1. The third kappa shape index (κ3) is 3.03. The molecule has 0 aliphatic carbocycles. The van der Waals surface area contributed by atoms with E-state index < -0.39 is 6.10 Å². The Morgan fingerprint density at radius 3 is 2.95 bits per heavy atom. The van der Waals surface area contributed by atoms with Gasteiger partial charge in [0.05, 0.1) is 12.8 Å². The van der Waals surface area contributed by atoms with E-state index in [1.165, 1.54) is 6.26 Å². The number of nitrogens with zero attached hydrogens (tertiary/aromatic N) is 2. The number of carbonyl (C=O) groups excluding carboxylic acids is 1. The van der Waals surface area contributed by atoms with Crippen molar-refractivity contribution in [1.82, 2.24) is 15.1 Å². The smallest absolute Gasteiger partial charge is 0.269 e. The second kappa shape index (κ2) is 5.71. The predicted octanol–water partition coefficient (Wildman–Crippen LogP) is 1.52. The van der Waals surface area contributed by atoms with Gasteiger partial charge in [-0.25, -0.2) is 0 Å². The summed E-state index contributed by atoms with van der Waals surface area (Å²) in [5, 5.41) is 16.6. The van der Waals surface area contributed by atoms with Gasteiger partial charge in [0.1, 0.15) is 17.6 Å². The Morgan fingerprint density at radius 2 is 2.32 bits per heavy atom. The molecule has 1 atom stereocenters. The number of carbonyl (C=O) groups is 1. The first kappa shape index (κ1) is 13.4. The van der Waals surface area contributed by atoms with Crippen LogP contribution in [-0.2, 0) is 0 Å². The predicted molar refractivity (Wildman–Crippen MR) is 68.6 cm³/mol. The van der Waals surface area contributed by atoms with Gasteiger partial charge in [0.2, 0.25) is 0 Å². The third-order valence-electron chi connectivity index (χ3n) is 2.72. The van der Waals surface area contributed by atoms with Gasteiger partial charge in [0, 0.05) is 12.2 Å². The monoisotopic (exact) mass is 263 g/mol. The zero-order valence-corrected chi connectivity index (χ0v) is 10.9. The molecule has 2 rings (SSSR count). The molecule has 0 aromatic carbocycles. The first-order valence-electron chi connectivity index (χ1n) is 6.12. The molecule has 1 amide bonds. The molecule has 2 aromatic rings. The fourth-order valence-electron chi connectivity index (χ4n) is 1.77. The maximum absolute atomic E-state index is 12.0. The van der Waals surface area contributed by atoms with Crippen LogP contribution in [0.2, 0.25) is 0 Å². The molecule has 19 heavy (non-hydrogen) atoms. The number of aliphatic hydroxyl groups is 1. The molecule has 0 saturated heterocycles. The fourth-order valence-corrected chi connectivity index (χ4v) is 1.77. The van der Waals surface area contributed by atoms with Crippen molar-refractivity contribution < 1.29 is 14.3 Å². The lowest BCUT2D eigenvalue weighted by molar-refractivity contribution is 0.0889. The highest BCUT2D eigenvalue weighted by Crippen LogP contribution is 2.12. The minimum Gasteiger partial charge on any atom is -0.467 e. The van der Waals surface area contributed by atoms with E-state index in [9.17, 15) is 9.90 Å². The van der Waals surface area contributed by atoms with Crippen molar-refractivity contribution in [2.75, 3.05) is 6.54 Å². The molecule has 1 unspecified atom stereocenters. The van der Waals surface area contributed by atoms with Gasteiger partial charge >= 0.3 is 0 Å². The van der Waals surface area contributed by atoms with E-state index in [-0.39, 0.29) is 18.5 Å². The SMILES string of the molecule is CC(C)n1nccc1C(=O)NCC(O)c1ccco1. The lowest BCUT2D eigenvalue weighted by Gasteiger charge is -2.12. The van der Waals surface area contributed by atoms with Gasteiger partial charge in [-0.15, -0.1) is 0 Å². The first-order chi connectivity index (χ1) is 9.09. The summed E-state index contributed by atoms with van der Waals surface area (Å²) >= 11 is 0. The Bertz CT molecular complexity index is 531. The summed E-state index contributed by atoms with van der Waals surface area (Å²) < 4.78 is 6.69. The van der Waals surface area contributed by atoms with Crippen LogP contribution < -0.4 is 5.32 Å². The van der Waals surface area contributed by atoms with Gasteiger partial charge < -0.3 is 14.8 Å². The summed E-state index contributed by atoms with van der Waals surface area (Å²) in [6.07, 6.45) is 2.21. The topological polar surface area (TPSA) is 80.3 Å². The van der Waals surface area contributed by atoms with E-state index in [1.54, 1.807) is 29.1 Å². The van der Waals surface area contributed by atoms with Crippen molar-refractivity contribution in [2.24, 2.45) is 0 Å². The van der Waals surface area contributed by atoms with Gasteiger partial charge in [0.15, 0.2) is 0 Å². The summed E-state index contributed by atoms with van der Waals surface area (Å²) in [6, 6.07) is 5.10. The molecule has 2 N–H and O–H groups in total. The molecule has 6 heteroatoms.